The number of carbonyl (C=O) groups is 2. The van der Waals surface area contributed by atoms with Crippen LogP contribution in [0.3, 0.4) is 0 Å². The summed E-state index contributed by atoms with van der Waals surface area (Å²) < 4.78 is 5.70. The number of hydrogen-bond donors (Lipinski definition) is 1. The number of amides is 1. The Bertz CT molecular complexity index is 634. The second-order valence-electron chi connectivity index (χ2n) is 6.95. The molecule has 1 N–H and O–H groups in total. The van der Waals surface area contributed by atoms with E-state index in [1.807, 2.05) is 36.9 Å². The van der Waals surface area contributed by atoms with Gasteiger partial charge < -0.3 is 14.7 Å². The number of rotatable bonds is 3. The van der Waals surface area contributed by atoms with Gasteiger partial charge in [-0.25, -0.2) is 0 Å². The van der Waals surface area contributed by atoms with E-state index < -0.39 is 11.9 Å². The molecule has 2 fully saturated rings. The highest BCUT2D eigenvalue weighted by molar-refractivity contribution is 5.96. The Balaban J connectivity index is 1.64. The van der Waals surface area contributed by atoms with Crippen molar-refractivity contribution >= 4 is 11.9 Å². The van der Waals surface area contributed by atoms with E-state index in [2.05, 4.69) is 0 Å². The Kier molecular flexibility index (Phi) is 4.90. The summed E-state index contributed by atoms with van der Waals surface area (Å²) in [6.07, 6.45) is 2.03. The summed E-state index contributed by atoms with van der Waals surface area (Å²) in [5.74, 6) is -0.837. The van der Waals surface area contributed by atoms with E-state index >= 15 is 0 Å². The normalized spacial score (nSPS) is 25.0. The number of carbonyl (C=O) groups excluding carboxylic acids is 1. The molecule has 2 heterocycles. The number of hydrogen-bond acceptors (Lipinski definition) is 3. The van der Waals surface area contributed by atoms with Crippen LogP contribution in [0.2, 0.25) is 0 Å². The first-order valence-electron chi connectivity index (χ1n) is 8.69. The summed E-state index contributed by atoms with van der Waals surface area (Å²) in [4.78, 5) is 26.0. The summed E-state index contributed by atoms with van der Waals surface area (Å²) in [6, 6.07) is 5.82. The molecule has 0 aromatic heterocycles. The van der Waals surface area contributed by atoms with Crippen molar-refractivity contribution < 1.29 is 19.4 Å². The fourth-order valence-corrected chi connectivity index (χ4v) is 3.92. The van der Waals surface area contributed by atoms with Gasteiger partial charge in [0.05, 0.1) is 12.0 Å². The van der Waals surface area contributed by atoms with Gasteiger partial charge in [-0.15, -0.1) is 0 Å². The summed E-state index contributed by atoms with van der Waals surface area (Å²) in [5.41, 5.74) is 2.93. The minimum Gasteiger partial charge on any atom is -0.481 e. The number of nitrogens with zero attached hydrogens (tertiary/aromatic N) is 1. The quantitative estimate of drug-likeness (QED) is 0.924. The lowest BCUT2D eigenvalue weighted by molar-refractivity contribution is -0.145. The molecule has 130 valence electrons. The van der Waals surface area contributed by atoms with Crippen LogP contribution in [-0.2, 0) is 9.53 Å². The predicted molar refractivity (Wildman–Crippen MR) is 90.0 cm³/mol. The highest BCUT2D eigenvalue weighted by Gasteiger charge is 2.40. The van der Waals surface area contributed by atoms with E-state index in [9.17, 15) is 14.7 Å². The minimum absolute atomic E-state index is 0.0803. The molecule has 0 radical (unpaired) electrons. The Hall–Kier alpha value is -1.88. The van der Waals surface area contributed by atoms with Gasteiger partial charge >= 0.3 is 5.97 Å². The average Bonchev–Trinajstić information content (AvgIpc) is 3.07. The molecule has 0 bridgehead atoms. The summed E-state index contributed by atoms with van der Waals surface area (Å²) in [6.45, 7) is 5.87. The summed E-state index contributed by atoms with van der Waals surface area (Å²) in [5, 5.41) is 9.32. The average molecular weight is 331 g/mol. The molecule has 1 amide bonds. The van der Waals surface area contributed by atoms with Gasteiger partial charge in [0.15, 0.2) is 0 Å². The molecule has 3 rings (SSSR count). The predicted octanol–water partition coefficient (Wildman–Crippen LogP) is 2.65. The molecule has 1 aromatic rings. The first-order chi connectivity index (χ1) is 11.5. The van der Waals surface area contributed by atoms with Crippen LogP contribution in [0.5, 0.6) is 0 Å². The van der Waals surface area contributed by atoms with Crippen molar-refractivity contribution in [1.82, 2.24) is 4.90 Å². The van der Waals surface area contributed by atoms with Crippen LogP contribution in [0.1, 0.15) is 40.7 Å². The molecule has 0 aliphatic carbocycles. The smallest absolute Gasteiger partial charge is 0.309 e. The zero-order valence-corrected chi connectivity index (χ0v) is 14.3. The molecule has 0 saturated carbocycles. The van der Waals surface area contributed by atoms with Crippen LogP contribution in [0.15, 0.2) is 18.2 Å². The molecular weight excluding hydrogens is 306 g/mol. The van der Waals surface area contributed by atoms with Crippen molar-refractivity contribution in [1.29, 1.82) is 0 Å². The third kappa shape index (κ3) is 3.18. The number of carboxylic acids is 1. The molecule has 24 heavy (non-hydrogen) atoms. The third-order valence-electron chi connectivity index (χ3n) is 5.58. The Labute approximate surface area is 142 Å². The standard InChI is InChI=1S/C19H25NO4/c1-12-4-3-5-15(13(12)2)18(21)20-9-6-14(7-10-20)17-16(19(22)23)8-11-24-17/h3-5,14,16-17H,6-11H2,1-2H3,(H,22,23)/t16?,17-/m0/s1. The monoisotopic (exact) mass is 331 g/mol. The van der Waals surface area contributed by atoms with E-state index in [0.717, 1.165) is 29.5 Å². The van der Waals surface area contributed by atoms with Crippen molar-refractivity contribution in [3.05, 3.63) is 34.9 Å². The van der Waals surface area contributed by atoms with E-state index in [0.29, 0.717) is 26.1 Å². The number of ether oxygens (including phenoxy) is 1. The summed E-state index contributed by atoms with van der Waals surface area (Å²) >= 11 is 0. The van der Waals surface area contributed by atoms with Gasteiger partial charge in [-0.05, 0) is 56.2 Å². The highest BCUT2D eigenvalue weighted by Crippen LogP contribution is 2.33. The molecule has 1 aromatic carbocycles. The number of benzene rings is 1. The van der Waals surface area contributed by atoms with E-state index in [1.165, 1.54) is 0 Å². The number of aryl methyl sites for hydroxylation is 1. The number of aliphatic carboxylic acids is 1. The second kappa shape index (κ2) is 6.93. The van der Waals surface area contributed by atoms with Crippen LogP contribution in [0, 0.1) is 25.7 Å². The van der Waals surface area contributed by atoms with Crippen molar-refractivity contribution in [3.8, 4) is 0 Å². The first-order valence-corrected chi connectivity index (χ1v) is 8.69. The number of piperidine rings is 1. The van der Waals surface area contributed by atoms with Gasteiger partial charge in [0, 0.05) is 25.3 Å². The molecule has 5 heteroatoms. The first kappa shape index (κ1) is 17.0. The molecule has 1 unspecified atom stereocenters. The van der Waals surface area contributed by atoms with E-state index in [-0.39, 0.29) is 17.9 Å². The van der Waals surface area contributed by atoms with Gasteiger partial charge in [-0.2, -0.15) is 0 Å². The maximum atomic E-state index is 12.8. The van der Waals surface area contributed by atoms with Crippen LogP contribution in [0.25, 0.3) is 0 Å². The van der Waals surface area contributed by atoms with Gasteiger partial charge in [0.2, 0.25) is 0 Å². The van der Waals surface area contributed by atoms with Crippen LogP contribution < -0.4 is 0 Å². The Morgan fingerprint density at radius 3 is 2.54 bits per heavy atom. The largest absolute Gasteiger partial charge is 0.481 e. The lowest BCUT2D eigenvalue weighted by Crippen LogP contribution is -2.43. The molecule has 2 aliphatic rings. The van der Waals surface area contributed by atoms with Gasteiger partial charge in [-0.1, -0.05) is 12.1 Å². The van der Waals surface area contributed by atoms with Crippen molar-refractivity contribution in [2.75, 3.05) is 19.7 Å². The number of likely N-dealkylation sites (tertiary alicyclic amines) is 1. The topological polar surface area (TPSA) is 66.8 Å². The lowest BCUT2D eigenvalue weighted by Gasteiger charge is -2.35. The third-order valence-corrected chi connectivity index (χ3v) is 5.58. The highest BCUT2D eigenvalue weighted by atomic mass is 16.5. The van der Waals surface area contributed by atoms with Gasteiger partial charge in [0.25, 0.3) is 5.91 Å². The van der Waals surface area contributed by atoms with Gasteiger partial charge in [0.1, 0.15) is 0 Å². The molecule has 2 aliphatic heterocycles. The zero-order valence-electron chi connectivity index (χ0n) is 14.3. The van der Waals surface area contributed by atoms with E-state index in [1.54, 1.807) is 0 Å². The maximum absolute atomic E-state index is 12.8. The Morgan fingerprint density at radius 2 is 1.88 bits per heavy atom. The fraction of sp³-hybridized carbons (Fsp3) is 0.579. The molecule has 0 spiro atoms. The Morgan fingerprint density at radius 1 is 1.17 bits per heavy atom. The van der Waals surface area contributed by atoms with Crippen molar-refractivity contribution in [2.24, 2.45) is 11.8 Å². The molecule has 2 saturated heterocycles. The lowest BCUT2D eigenvalue weighted by atomic mass is 9.84. The van der Waals surface area contributed by atoms with Crippen LogP contribution in [-0.4, -0.2) is 47.7 Å². The summed E-state index contributed by atoms with van der Waals surface area (Å²) in [7, 11) is 0. The molecule has 5 nitrogen and oxygen atoms in total. The second-order valence-corrected chi connectivity index (χ2v) is 6.95. The van der Waals surface area contributed by atoms with Crippen LogP contribution in [0.4, 0.5) is 0 Å². The molecular formula is C19H25NO4. The SMILES string of the molecule is Cc1cccc(C(=O)N2CCC([C@@H]3OCCC3C(=O)O)CC2)c1C. The molecule has 2 atom stereocenters. The van der Waals surface area contributed by atoms with Gasteiger partial charge in [-0.3, -0.25) is 9.59 Å². The fourth-order valence-electron chi connectivity index (χ4n) is 3.92. The van der Waals surface area contributed by atoms with E-state index in [4.69, 9.17) is 4.74 Å². The van der Waals surface area contributed by atoms with Crippen LogP contribution >= 0.6 is 0 Å². The minimum atomic E-state index is -0.758. The maximum Gasteiger partial charge on any atom is 0.309 e. The zero-order chi connectivity index (χ0) is 17.3. The van der Waals surface area contributed by atoms with Crippen molar-refractivity contribution in [3.63, 3.8) is 0 Å². The number of carboxylic acid groups (broad SMARTS) is 1. The van der Waals surface area contributed by atoms with Crippen molar-refractivity contribution in [2.45, 2.75) is 39.2 Å².